The van der Waals surface area contributed by atoms with Crippen molar-refractivity contribution in [2.75, 3.05) is 0 Å². The van der Waals surface area contributed by atoms with Crippen LogP contribution in [0.25, 0.3) is 0 Å². The van der Waals surface area contributed by atoms with E-state index >= 15 is 0 Å². The Morgan fingerprint density at radius 1 is 1.00 bits per heavy atom. The lowest BCUT2D eigenvalue weighted by Crippen LogP contribution is -2.38. The molecular formula is C25H33NO2. The van der Waals surface area contributed by atoms with Crippen LogP contribution in [-0.4, -0.2) is 12.0 Å². The van der Waals surface area contributed by atoms with Gasteiger partial charge in [0.2, 0.25) is 0 Å². The minimum absolute atomic E-state index is 0.0581. The van der Waals surface area contributed by atoms with Crippen LogP contribution in [0.5, 0.6) is 5.75 Å². The molecule has 0 heterocycles. The second kappa shape index (κ2) is 8.38. The summed E-state index contributed by atoms with van der Waals surface area (Å²) in [7, 11) is 0. The topological polar surface area (TPSA) is 38.3 Å². The van der Waals surface area contributed by atoms with Gasteiger partial charge in [-0.25, -0.2) is 0 Å². The van der Waals surface area contributed by atoms with E-state index in [9.17, 15) is 4.79 Å². The fourth-order valence-corrected chi connectivity index (χ4v) is 3.79. The van der Waals surface area contributed by atoms with Gasteiger partial charge in [-0.3, -0.25) is 4.79 Å². The standard InChI is InChI=1S/C25H33NO2/c1-17(19-13-15-21(16-14-19)25(3,4)5)26-24(27)18(2)28-23-12-8-10-20-9-6-7-11-22(20)23/h8,10,12-18H,6-7,9,11H2,1-5H3,(H,26,27)/t17-,18-/m0/s1. The lowest BCUT2D eigenvalue weighted by atomic mass is 9.86. The van der Waals surface area contributed by atoms with Gasteiger partial charge in [0, 0.05) is 0 Å². The van der Waals surface area contributed by atoms with Crippen LogP contribution in [-0.2, 0) is 23.1 Å². The smallest absolute Gasteiger partial charge is 0.261 e. The molecule has 0 aliphatic heterocycles. The predicted molar refractivity (Wildman–Crippen MR) is 115 cm³/mol. The summed E-state index contributed by atoms with van der Waals surface area (Å²) < 4.78 is 6.06. The Bertz CT molecular complexity index is 817. The van der Waals surface area contributed by atoms with Crippen molar-refractivity contribution in [1.29, 1.82) is 0 Å². The highest BCUT2D eigenvalue weighted by Gasteiger charge is 2.21. The van der Waals surface area contributed by atoms with Crippen molar-refractivity contribution in [3.63, 3.8) is 0 Å². The van der Waals surface area contributed by atoms with Gasteiger partial charge in [-0.05, 0) is 73.3 Å². The first kappa shape index (κ1) is 20.4. The number of amides is 1. The second-order valence-corrected chi connectivity index (χ2v) is 8.96. The van der Waals surface area contributed by atoms with Crippen molar-refractivity contribution in [2.45, 2.75) is 77.9 Å². The Balaban J connectivity index is 1.63. The van der Waals surface area contributed by atoms with E-state index in [-0.39, 0.29) is 17.4 Å². The zero-order valence-electron chi connectivity index (χ0n) is 17.8. The van der Waals surface area contributed by atoms with Crippen LogP contribution in [0.3, 0.4) is 0 Å². The minimum Gasteiger partial charge on any atom is -0.481 e. The van der Waals surface area contributed by atoms with E-state index < -0.39 is 6.10 Å². The normalized spacial score (nSPS) is 16.0. The number of ether oxygens (including phenoxy) is 1. The molecule has 28 heavy (non-hydrogen) atoms. The summed E-state index contributed by atoms with van der Waals surface area (Å²) in [6.07, 6.45) is 4.04. The van der Waals surface area contributed by atoms with Crippen LogP contribution in [0.4, 0.5) is 0 Å². The molecule has 0 saturated heterocycles. The summed E-state index contributed by atoms with van der Waals surface area (Å²) in [6.45, 7) is 10.5. The third-order valence-electron chi connectivity index (χ3n) is 5.66. The van der Waals surface area contributed by atoms with Gasteiger partial charge in [-0.1, -0.05) is 57.2 Å². The van der Waals surface area contributed by atoms with Crippen molar-refractivity contribution < 1.29 is 9.53 Å². The molecule has 2 atom stereocenters. The van der Waals surface area contributed by atoms with E-state index in [0.717, 1.165) is 24.2 Å². The lowest BCUT2D eigenvalue weighted by Gasteiger charge is -2.24. The fraction of sp³-hybridized carbons (Fsp3) is 0.480. The van der Waals surface area contributed by atoms with Gasteiger partial charge in [-0.2, -0.15) is 0 Å². The highest BCUT2D eigenvalue weighted by atomic mass is 16.5. The van der Waals surface area contributed by atoms with E-state index in [1.54, 1.807) is 0 Å². The van der Waals surface area contributed by atoms with Crippen molar-refractivity contribution >= 4 is 5.91 Å². The van der Waals surface area contributed by atoms with Gasteiger partial charge in [0.05, 0.1) is 6.04 Å². The molecule has 150 valence electrons. The van der Waals surface area contributed by atoms with Crippen LogP contribution >= 0.6 is 0 Å². The molecule has 0 fully saturated rings. The van der Waals surface area contributed by atoms with Gasteiger partial charge in [0.1, 0.15) is 5.75 Å². The molecule has 1 aliphatic rings. The van der Waals surface area contributed by atoms with E-state index in [1.165, 1.54) is 29.5 Å². The average Bonchev–Trinajstić information content (AvgIpc) is 2.67. The Morgan fingerprint density at radius 2 is 1.68 bits per heavy atom. The Hall–Kier alpha value is -2.29. The maximum atomic E-state index is 12.7. The number of carbonyl (C=O) groups is 1. The zero-order valence-corrected chi connectivity index (χ0v) is 17.8. The van der Waals surface area contributed by atoms with Crippen molar-refractivity contribution in [3.8, 4) is 5.75 Å². The third-order valence-corrected chi connectivity index (χ3v) is 5.66. The molecule has 0 spiro atoms. The molecule has 1 N–H and O–H groups in total. The molecule has 0 unspecified atom stereocenters. The quantitative estimate of drug-likeness (QED) is 0.744. The van der Waals surface area contributed by atoms with Crippen molar-refractivity contribution in [3.05, 3.63) is 64.7 Å². The molecular weight excluding hydrogens is 346 g/mol. The van der Waals surface area contributed by atoms with E-state index in [1.807, 2.05) is 26.0 Å². The second-order valence-electron chi connectivity index (χ2n) is 8.96. The molecule has 0 bridgehead atoms. The van der Waals surface area contributed by atoms with Crippen LogP contribution < -0.4 is 10.1 Å². The molecule has 0 aromatic heterocycles. The van der Waals surface area contributed by atoms with Gasteiger partial charge >= 0.3 is 0 Å². The molecule has 1 amide bonds. The number of aryl methyl sites for hydroxylation is 1. The highest BCUT2D eigenvalue weighted by molar-refractivity contribution is 5.81. The summed E-state index contributed by atoms with van der Waals surface area (Å²) in [4.78, 5) is 12.7. The molecule has 0 saturated carbocycles. The number of hydrogen-bond acceptors (Lipinski definition) is 2. The fourth-order valence-electron chi connectivity index (χ4n) is 3.79. The summed E-state index contributed by atoms with van der Waals surface area (Å²) in [5, 5.41) is 3.09. The highest BCUT2D eigenvalue weighted by Crippen LogP contribution is 2.30. The van der Waals surface area contributed by atoms with Gasteiger partial charge in [0.25, 0.3) is 5.91 Å². The van der Waals surface area contributed by atoms with Crippen LogP contribution in [0.15, 0.2) is 42.5 Å². The zero-order chi connectivity index (χ0) is 20.3. The molecule has 3 nitrogen and oxygen atoms in total. The Morgan fingerprint density at radius 3 is 2.36 bits per heavy atom. The molecule has 0 radical (unpaired) electrons. The first-order valence-corrected chi connectivity index (χ1v) is 10.4. The molecule has 1 aliphatic carbocycles. The number of nitrogens with one attached hydrogen (secondary N) is 1. The maximum Gasteiger partial charge on any atom is 0.261 e. The number of rotatable bonds is 5. The summed E-state index contributed by atoms with van der Waals surface area (Å²) in [5.74, 6) is 0.780. The largest absolute Gasteiger partial charge is 0.481 e. The van der Waals surface area contributed by atoms with Crippen LogP contribution in [0.1, 0.15) is 75.8 Å². The van der Waals surface area contributed by atoms with Crippen molar-refractivity contribution in [2.24, 2.45) is 0 Å². The van der Waals surface area contributed by atoms with Crippen molar-refractivity contribution in [1.82, 2.24) is 5.32 Å². The Kier molecular flexibility index (Phi) is 6.12. The number of fused-ring (bicyclic) bond motifs is 1. The lowest BCUT2D eigenvalue weighted by molar-refractivity contribution is -0.127. The monoisotopic (exact) mass is 379 g/mol. The van der Waals surface area contributed by atoms with Gasteiger partial charge in [-0.15, -0.1) is 0 Å². The maximum absolute atomic E-state index is 12.7. The summed E-state index contributed by atoms with van der Waals surface area (Å²) >= 11 is 0. The first-order chi connectivity index (χ1) is 13.3. The van der Waals surface area contributed by atoms with Gasteiger partial charge < -0.3 is 10.1 Å². The van der Waals surface area contributed by atoms with Crippen LogP contribution in [0, 0.1) is 0 Å². The van der Waals surface area contributed by atoms with E-state index in [0.29, 0.717) is 0 Å². The molecule has 3 heteroatoms. The SMILES string of the molecule is C[C@H](Oc1cccc2c1CCCC2)C(=O)N[C@@H](C)c1ccc(C(C)(C)C)cc1. The number of hydrogen-bond donors (Lipinski definition) is 1. The minimum atomic E-state index is -0.523. The Labute approximate surface area is 169 Å². The molecule has 2 aromatic carbocycles. The van der Waals surface area contributed by atoms with Crippen LogP contribution in [0.2, 0.25) is 0 Å². The van der Waals surface area contributed by atoms with Gasteiger partial charge in [0.15, 0.2) is 6.10 Å². The average molecular weight is 380 g/mol. The predicted octanol–water partition coefficient (Wildman–Crippen LogP) is 5.51. The summed E-state index contributed by atoms with van der Waals surface area (Å²) in [5.41, 5.74) is 5.16. The number of carbonyl (C=O) groups excluding carboxylic acids is 1. The molecule has 3 rings (SSSR count). The first-order valence-electron chi connectivity index (χ1n) is 10.4. The van der Waals surface area contributed by atoms with E-state index in [2.05, 4.69) is 56.4 Å². The molecule has 2 aromatic rings. The van der Waals surface area contributed by atoms with E-state index in [4.69, 9.17) is 4.74 Å². The summed E-state index contributed by atoms with van der Waals surface area (Å²) in [6, 6.07) is 14.6. The third kappa shape index (κ3) is 4.76. The number of benzene rings is 2.